The first-order chi connectivity index (χ1) is 16.6. The molecule has 3 aliphatic carbocycles. The second-order valence-electron chi connectivity index (χ2n) is 11.8. The first kappa shape index (κ1) is 26.1. The average molecular weight is 475 g/mol. The van der Waals surface area contributed by atoms with E-state index in [0.717, 1.165) is 49.5 Å². The minimum Gasteiger partial charge on any atom is -0.378 e. The van der Waals surface area contributed by atoms with Crippen LogP contribution in [0.1, 0.15) is 127 Å². The Hall–Kier alpha value is -0.960. The van der Waals surface area contributed by atoms with E-state index in [1.807, 2.05) is 19.1 Å². The van der Waals surface area contributed by atoms with Crippen LogP contribution in [0.4, 0.5) is 8.78 Å². The van der Waals surface area contributed by atoms with Gasteiger partial charge < -0.3 is 4.74 Å². The lowest BCUT2D eigenvalue weighted by Gasteiger charge is -2.38. The molecule has 0 atom stereocenters. The maximum atomic E-state index is 14.7. The molecule has 34 heavy (non-hydrogen) atoms. The van der Waals surface area contributed by atoms with Crippen LogP contribution in [0.15, 0.2) is 12.1 Å². The van der Waals surface area contributed by atoms with E-state index >= 15 is 0 Å². The van der Waals surface area contributed by atoms with Crippen molar-refractivity contribution in [3.8, 4) is 0 Å². The summed E-state index contributed by atoms with van der Waals surface area (Å²) in [5.41, 5.74) is 1.15. The van der Waals surface area contributed by atoms with Crippen molar-refractivity contribution in [1.82, 2.24) is 0 Å². The molecule has 192 valence electrons. The Morgan fingerprint density at radius 3 is 1.94 bits per heavy atom. The summed E-state index contributed by atoms with van der Waals surface area (Å²) >= 11 is 0. The molecule has 3 fully saturated rings. The van der Waals surface area contributed by atoms with Gasteiger partial charge in [0.25, 0.3) is 0 Å². The van der Waals surface area contributed by atoms with Gasteiger partial charge in [-0.1, -0.05) is 58.1 Å². The summed E-state index contributed by atoms with van der Waals surface area (Å²) in [7, 11) is 0. The van der Waals surface area contributed by atoms with E-state index in [2.05, 4.69) is 6.92 Å². The lowest BCUT2D eigenvalue weighted by molar-refractivity contribution is -0.0165. The fourth-order valence-electron chi connectivity index (χ4n) is 7.38. The zero-order valence-corrected chi connectivity index (χ0v) is 21.8. The van der Waals surface area contributed by atoms with Crippen molar-refractivity contribution in [3.63, 3.8) is 0 Å². The van der Waals surface area contributed by atoms with Crippen LogP contribution in [0, 0.1) is 35.3 Å². The maximum Gasteiger partial charge on any atom is 0.162 e. The number of hydrogen-bond donors (Lipinski definition) is 0. The Morgan fingerprint density at radius 2 is 1.32 bits per heavy atom. The number of ether oxygens (including phenoxy) is 1. The molecule has 0 N–H and O–H groups in total. The predicted molar refractivity (Wildman–Crippen MR) is 137 cm³/mol. The molecule has 1 aromatic rings. The zero-order chi connectivity index (χ0) is 23.9. The van der Waals surface area contributed by atoms with Crippen LogP contribution >= 0.6 is 0 Å². The third kappa shape index (κ3) is 6.62. The fourth-order valence-corrected chi connectivity index (χ4v) is 7.38. The van der Waals surface area contributed by atoms with Gasteiger partial charge in [0.2, 0.25) is 0 Å². The van der Waals surface area contributed by atoms with E-state index in [9.17, 15) is 8.78 Å². The fraction of sp³-hybridized carbons (Fsp3) is 0.806. The molecule has 0 bridgehead atoms. The highest BCUT2D eigenvalue weighted by atomic mass is 19.2. The molecule has 0 spiro atoms. The monoisotopic (exact) mass is 474 g/mol. The quantitative estimate of drug-likeness (QED) is 0.346. The van der Waals surface area contributed by atoms with Gasteiger partial charge in [0.05, 0.1) is 6.10 Å². The van der Waals surface area contributed by atoms with E-state index in [1.54, 1.807) is 0 Å². The Labute approximate surface area is 207 Å². The van der Waals surface area contributed by atoms with Crippen LogP contribution < -0.4 is 0 Å². The number of rotatable bonds is 9. The molecule has 0 aromatic heterocycles. The van der Waals surface area contributed by atoms with Gasteiger partial charge in [-0.2, -0.15) is 0 Å². The van der Waals surface area contributed by atoms with Crippen molar-refractivity contribution in [3.05, 3.63) is 34.9 Å². The largest absolute Gasteiger partial charge is 0.378 e. The van der Waals surface area contributed by atoms with Gasteiger partial charge in [0.15, 0.2) is 11.6 Å². The molecular formula is C31H48F2O. The summed E-state index contributed by atoms with van der Waals surface area (Å²) in [5, 5.41) is 0. The van der Waals surface area contributed by atoms with E-state index < -0.39 is 11.6 Å². The van der Waals surface area contributed by atoms with Gasteiger partial charge in [-0.25, -0.2) is 8.78 Å². The molecule has 3 aliphatic rings. The summed E-state index contributed by atoms with van der Waals surface area (Å²) in [4.78, 5) is 0. The Balaban J connectivity index is 1.17. The minimum atomic E-state index is -0.603. The molecule has 0 amide bonds. The number of halogens is 2. The van der Waals surface area contributed by atoms with Crippen molar-refractivity contribution in [1.29, 1.82) is 0 Å². The molecule has 0 saturated heterocycles. The zero-order valence-electron chi connectivity index (χ0n) is 21.8. The van der Waals surface area contributed by atoms with Gasteiger partial charge in [0.1, 0.15) is 0 Å². The molecule has 0 unspecified atom stereocenters. The second kappa shape index (κ2) is 12.8. The molecule has 1 nitrogen and oxygen atoms in total. The summed E-state index contributed by atoms with van der Waals surface area (Å²) in [5.74, 6) is 2.34. The van der Waals surface area contributed by atoms with Crippen molar-refractivity contribution in [2.75, 3.05) is 6.61 Å². The van der Waals surface area contributed by atoms with Gasteiger partial charge >= 0.3 is 0 Å². The van der Waals surface area contributed by atoms with Gasteiger partial charge in [0, 0.05) is 6.61 Å². The summed E-state index contributed by atoms with van der Waals surface area (Å²) in [6, 6.07) is 3.69. The molecule has 3 saturated carbocycles. The van der Waals surface area contributed by atoms with E-state index in [1.165, 1.54) is 77.0 Å². The standard InChI is InChI=1S/C31H48F2O/c1-3-5-22-7-9-23(10-8-22)21-34-28-18-15-25(16-19-28)24-11-13-26(14-12-24)29-20-17-27(6-4-2)30(32)31(29)33/h17,20,22-26,28H,3-16,18-19,21H2,1-2H3. The molecule has 1 aromatic carbocycles. The molecular weight excluding hydrogens is 426 g/mol. The lowest BCUT2D eigenvalue weighted by Crippen LogP contribution is -2.30. The van der Waals surface area contributed by atoms with Gasteiger partial charge in [-0.05, 0) is 111 Å². The first-order valence-electron chi connectivity index (χ1n) is 14.7. The Kier molecular flexibility index (Phi) is 9.86. The van der Waals surface area contributed by atoms with Crippen LogP contribution in [0.2, 0.25) is 0 Å². The van der Waals surface area contributed by atoms with Crippen molar-refractivity contribution in [2.24, 2.45) is 23.7 Å². The van der Waals surface area contributed by atoms with Crippen LogP contribution in [0.3, 0.4) is 0 Å². The molecule has 0 radical (unpaired) electrons. The van der Waals surface area contributed by atoms with Crippen molar-refractivity contribution in [2.45, 2.75) is 129 Å². The highest BCUT2D eigenvalue weighted by Crippen LogP contribution is 2.44. The summed E-state index contributed by atoms with van der Waals surface area (Å²) in [6.45, 7) is 5.30. The smallest absolute Gasteiger partial charge is 0.162 e. The van der Waals surface area contributed by atoms with Crippen molar-refractivity contribution < 1.29 is 13.5 Å². The second-order valence-corrected chi connectivity index (χ2v) is 11.8. The minimum absolute atomic E-state index is 0.188. The van der Waals surface area contributed by atoms with Gasteiger partial charge in [-0.15, -0.1) is 0 Å². The van der Waals surface area contributed by atoms with Gasteiger partial charge in [-0.3, -0.25) is 0 Å². The highest BCUT2D eigenvalue weighted by molar-refractivity contribution is 5.29. The SMILES string of the molecule is CCCc1ccc(C2CCC(C3CCC(OCC4CCC(CCC)CC4)CC3)CC2)c(F)c1F. The number of benzene rings is 1. The lowest BCUT2D eigenvalue weighted by atomic mass is 9.69. The van der Waals surface area contributed by atoms with Crippen LogP contribution in [-0.4, -0.2) is 12.7 Å². The van der Waals surface area contributed by atoms with Crippen LogP contribution in [0.5, 0.6) is 0 Å². The third-order valence-electron chi connectivity index (χ3n) is 9.54. The Morgan fingerprint density at radius 1 is 0.706 bits per heavy atom. The molecule has 3 heteroatoms. The van der Waals surface area contributed by atoms with Crippen LogP contribution in [0.25, 0.3) is 0 Å². The van der Waals surface area contributed by atoms with E-state index in [-0.39, 0.29) is 5.92 Å². The number of hydrogen-bond acceptors (Lipinski definition) is 1. The van der Waals surface area contributed by atoms with Crippen LogP contribution in [-0.2, 0) is 11.2 Å². The molecule has 0 heterocycles. The predicted octanol–water partition coefficient (Wildman–Crippen LogP) is 9.37. The topological polar surface area (TPSA) is 9.23 Å². The third-order valence-corrected chi connectivity index (χ3v) is 9.54. The van der Waals surface area contributed by atoms with E-state index in [4.69, 9.17) is 4.74 Å². The summed E-state index contributed by atoms with van der Waals surface area (Å²) in [6.07, 6.45) is 19.6. The average Bonchev–Trinajstić information content (AvgIpc) is 2.87. The Bertz CT molecular complexity index is 738. The highest BCUT2D eigenvalue weighted by Gasteiger charge is 2.33. The van der Waals surface area contributed by atoms with E-state index in [0.29, 0.717) is 23.7 Å². The maximum absolute atomic E-state index is 14.7. The van der Waals surface area contributed by atoms with Crippen molar-refractivity contribution >= 4 is 0 Å². The molecule has 4 rings (SSSR count). The first-order valence-corrected chi connectivity index (χ1v) is 14.7. The molecule has 0 aliphatic heterocycles. The number of aryl methyl sites for hydroxylation is 1. The normalized spacial score (nSPS) is 32.6. The summed E-state index contributed by atoms with van der Waals surface area (Å²) < 4.78 is 35.6.